The summed E-state index contributed by atoms with van der Waals surface area (Å²) >= 11 is 10.8. The van der Waals surface area contributed by atoms with Crippen molar-refractivity contribution in [2.24, 2.45) is 5.73 Å². The first-order valence-corrected chi connectivity index (χ1v) is 5.69. The molecule has 0 aliphatic heterocycles. The van der Waals surface area contributed by atoms with Crippen LogP contribution in [0.2, 0.25) is 5.02 Å². The zero-order valence-electron chi connectivity index (χ0n) is 8.94. The average molecular weight is 260 g/mol. The van der Waals surface area contributed by atoms with Crippen LogP contribution in [-0.2, 0) is 0 Å². The van der Waals surface area contributed by atoms with Gasteiger partial charge in [-0.25, -0.2) is 0 Å². The topological polar surface area (TPSA) is 55.5 Å². The van der Waals surface area contributed by atoms with Gasteiger partial charge < -0.3 is 15.6 Å². The summed E-state index contributed by atoms with van der Waals surface area (Å²) in [5.74, 6) is 0.644. The molecule has 1 aromatic carbocycles. The van der Waals surface area contributed by atoms with E-state index in [0.717, 1.165) is 0 Å². The molecule has 3 nitrogen and oxygen atoms in total. The fourth-order valence-electron chi connectivity index (χ4n) is 1.13. The summed E-state index contributed by atoms with van der Waals surface area (Å²) in [6.07, 6.45) is 0.209. The molecule has 0 aromatic heterocycles. The smallest absolute Gasteiger partial charge is 0.120 e. The van der Waals surface area contributed by atoms with Crippen molar-refractivity contribution in [3.8, 4) is 5.75 Å². The molecule has 0 saturated heterocycles. The SMILES string of the molecule is CC(O)CCOc1ccc(C(N)=S)c(Cl)c1. The normalized spacial score (nSPS) is 12.2. The Kier molecular flexibility index (Phi) is 4.99. The van der Waals surface area contributed by atoms with E-state index in [9.17, 15) is 0 Å². The Hall–Kier alpha value is -0.840. The van der Waals surface area contributed by atoms with Crippen LogP contribution in [0, 0.1) is 0 Å². The summed E-state index contributed by atoms with van der Waals surface area (Å²) < 4.78 is 5.40. The van der Waals surface area contributed by atoms with Crippen LogP contribution in [0.3, 0.4) is 0 Å². The Morgan fingerprint density at radius 1 is 1.62 bits per heavy atom. The van der Waals surface area contributed by atoms with Crippen molar-refractivity contribution in [2.75, 3.05) is 6.61 Å². The third kappa shape index (κ3) is 3.96. The number of benzene rings is 1. The number of ether oxygens (including phenoxy) is 1. The molecule has 5 heteroatoms. The summed E-state index contributed by atoms with van der Waals surface area (Å²) in [5.41, 5.74) is 6.12. The highest BCUT2D eigenvalue weighted by molar-refractivity contribution is 7.80. The molecule has 0 aliphatic carbocycles. The molecule has 0 heterocycles. The largest absolute Gasteiger partial charge is 0.493 e. The van der Waals surface area contributed by atoms with E-state index < -0.39 is 0 Å². The van der Waals surface area contributed by atoms with Gasteiger partial charge in [0.05, 0.1) is 17.7 Å². The van der Waals surface area contributed by atoms with Gasteiger partial charge in [0.15, 0.2) is 0 Å². The molecule has 1 unspecified atom stereocenters. The maximum atomic E-state index is 9.06. The van der Waals surface area contributed by atoms with Crippen LogP contribution < -0.4 is 10.5 Å². The van der Waals surface area contributed by atoms with Crippen molar-refractivity contribution in [1.29, 1.82) is 0 Å². The molecule has 0 radical (unpaired) electrons. The molecule has 1 rings (SSSR count). The number of aliphatic hydroxyl groups is 1. The minimum absolute atomic E-state index is 0.264. The van der Waals surface area contributed by atoms with Crippen molar-refractivity contribution in [3.63, 3.8) is 0 Å². The number of halogens is 1. The number of nitrogens with two attached hydrogens (primary N) is 1. The fourth-order valence-corrected chi connectivity index (χ4v) is 1.64. The van der Waals surface area contributed by atoms with Crippen LogP contribution in [0.25, 0.3) is 0 Å². The van der Waals surface area contributed by atoms with Gasteiger partial charge in [0.2, 0.25) is 0 Å². The Bertz CT molecular complexity index is 382. The molecule has 0 spiro atoms. The van der Waals surface area contributed by atoms with Gasteiger partial charge in [0.1, 0.15) is 10.7 Å². The Morgan fingerprint density at radius 3 is 2.81 bits per heavy atom. The first-order valence-electron chi connectivity index (χ1n) is 4.91. The van der Waals surface area contributed by atoms with Crippen molar-refractivity contribution in [1.82, 2.24) is 0 Å². The number of hydrogen-bond donors (Lipinski definition) is 2. The lowest BCUT2D eigenvalue weighted by Gasteiger charge is -2.09. The zero-order chi connectivity index (χ0) is 12.1. The van der Waals surface area contributed by atoms with Gasteiger partial charge in [-0.2, -0.15) is 0 Å². The van der Waals surface area contributed by atoms with Crippen molar-refractivity contribution < 1.29 is 9.84 Å². The Morgan fingerprint density at radius 2 is 2.31 bits per heavy atom. The lowest BCUT2D eigenvalue weighted by molar-refractivity contribution is 0.155. The maximum Gasteiger partial charge on any atom is 0.120 e. The summed E-state index contributed by atoms with van der Waals surface area (Å²) in [4.78, 5) is 0.264. The highest BCUT2D eigenvalue weighted by Crippen LogP contribution is 2.22. The average Bonchev–Trinajstić information content (AvgIpc) is 2.16. The van der Waals surface area contributed by atoms with Crippen LogP contribution in [0.4, 0.5) is 0 Å². The van der Waals surface area contributed by atoms with Crippen LogP contribution in [0.15, 0.2) is 18.2 Å². The maximum absolute atomic E-state index is 9.06. The van der Waals surface area contributed by atoms with Crippen molar-refractivity contribution in [3.05, 3.63) is 28.8 Å². The third-order valence-corrected chi connectivity index (χ3v) is 2.54. The molecule has 0 aliphatic rings. The second kappa shape index (κ2) is 6.03. The molecule has 1 atom stereocenters. The molecule has 0 bridgehead atoms. The Balaban J connectivity index is 2.63. The molecule has 0 saturated carbocycles. The van der Waals surface area contributed by atoms with E-state index in [1.54, 1.807) is 25.1 Å². The fraction of sp³-hybridized carbons (Fsp3) is 0.364. The third-order valence-electron chi connectivity index (χ3n) is 2.01. The van der Waals surface area contributed by atoms with Crippen molar-refractivity contribution in [2.45, 2.75) is 19.4 Å². The second-order valence-electron chi connectivity index (χ2n) is 3.49. The number of hydrogen-bond acceptors (Lipinski definition) is 3. The van der Waals surface area contributed by atoms with E-state index in [2.05, 4.69) is 0 Å². The molecule has 0 fully saturated rings. The molecular formula is C11H14ClNO2S. The number of thiocarbonyl (C=S) groups is 1. The minimum Gasteiger partial charge on any atom is -0.493 e. The summed E-state index contributed by atoms with van der Waals surface area (Å²) in [6.45, 7) is 2.16. The van der Waals surface area contributed by atoms with Crippen molar-refractivity contribution >= 4 is 28.8 Å². The number of aliphatic hydroxyl groups excluding tert-OH is 1. The first-order chi connectivity index (χ1) is 7.50. The second-order valence-corrected chi connectivity index (χ2v) is 4.34. The van der Waals surface area contributed by atoms with Gasteiger partial charge in [0, 0.05) is 12.0 Å². The van der Waals surface area contributed by atoms with Crippen LogP contribution in [0.1, 0.15) is 18.9 Å². The zero-order valence-corrected chi connectivity index (χ0v) is 10.5. The van der Waals surface area contributed by atoms with Gasteiger partial charge in [-0.1, -0.05) is 23.8 Å². The van der Waals surface area contributed by atoms with Crippen LogP contribution in [0.5, 0.6) is 5.75 Å². The quantitative estimate of drug-likeness (QED) is 0.796. The molecule has 88 valence electrons. The van der Waals surface area contributed by atoms with E-state index >= 15 is 0 Å². The standard InChI is InChI=1S/C11H14ClNO2S/c1-7(14)4-5-15-8-2-3-9(11(13)16)10(12)6-8/h2-3,6-7,14H,4-5H2,1H3,(H2,13,16). The molecule has 0 amide bonds. The summed E-state index contributed by atoms with van der Waals surface area (Å²) in [6, 6.07) is 5.14. The van der Waals surface area contributed by atoms with E-state index in [0.29, 0.717) is 29.4 Å². The van der Waals surface area contributed by atoms with E-state index in [1.165, 1.54) is 0 Å². The van der Waals surface area contributed by atoms with E-state index in [4.69, 9.17) is 39.4 Å². The Labute approximate surface area is 105 Å². The molecule has 16 heavy (non-hydrogen) atoms. The number of rotatable bonds is 5. The lowest BCUT2D eigenvalue weighted by atomic mass is 10.2. The van der Waals surface area contributed by atoms with Gasteiger partial charge >= 0.3 is 0 Å². The lowest BCUT2D eigenvalue weighted by Crippen LogP contribution is -2.10. The monoisotopic (exact) mass is 259 g/mol. The van der Waals surface area contributed by atoms with E-state index in [-0.39, 0.29) is 11.1 Å². The van der Waals surface area contributed by atoms with Gasteiger partial charge in [-0.3, -0.25) is 0 Å². The summed E-state index contributed by atoms with van der Waals surface area (Å²) in [5, 5.41) is 9.54. The highest BCUT2D eigenvalue weighted by atomic mass is 35.5. The predicted molar refractivity (Wildman–Crippen MR) is 69.1 cm³/mol. The molecular weight excluding hydrogens is 246 g/mol. The van der Waals surface area contributed by atoms with Gasteiger partial charge in [-0.15, -0.1) is 0 Å². The van der Waals surface area contributed by atoms with Gasteiger partial charge in [-0.05, 0) is 25.1 Å². The van der Waals surface area contributed by atoms with Crippen LogP contribution in [-0.4, -0.2) is 22.8 Å². The predicted octanol–water partition coefficient (Wildman–Crippen LogP) is 2.12. The highest BCUT2D eigenvalue weighted by Gasteiger charge is 2.05. The molecule has 3 N–H and O–H groups in total. The van der Waals surface area contributed by atoms with E-state index in [1.807, 2.05) is 0 Å². The first kappa shape index (κ1) is 13.2. The summed E-state index contributed by atoms with van der Waals surface area (Å²) in [7, 11) is 0. The van der Waals surface area contributed by atoms with Crippen LogP contribution >= 0.6 is 23.8 Å². The minimum atomic E-state index is -0.369. The molecule has 1 aromatic rings. The van der Waals surface area contributed by atoms with Gasteiger partial charge in [0.25, 0.3) is 0 Å².